The second-order valence-corrected chi connectivity index (χ2v) is 4.38. The normalized spacial score (nSPS) is 10.3. The fourth-order valence-electron chi connectivity index (χ4n) is 1.39. The van der Waals surface area contributed by atoms with Crippen molar-refractivity contribution >= 4 is 21.8 Å². The first-order valence-corrected chi connectivity index (χ1v) is 5.67. The minimum Gasteiger partial charge on any atom is -0.505 e. The molecule has 0 bridgehead atoms. The molecule has 92 valence electrons. The lowest BCUT2D eigenvalue weighted by Gasteiger charge is -2.06. The number of hydrogen-bond acceptors (Lipinski definition) is 4. The van der Waals surface area contributed by atoms with Gasteiger partial charge in [-0.05, 0) is 24.3 Å². The van der Waals surface area contributed by atoms with Crippen LogP contribution in [0.2, 0.25) is 0 Å². The van der Waals surface area contributed by atoms with E-state index in [9.17, 15) is 14.7 Å². The molecule has 1 aromatic heterocycles. The Morgan fingerprint density at radius 1 is 1.33 bits per heavy atom. The minimum absolute atomic E-state index is 0.350. The number of aromatic hydroxyl groups is 1. The Morgan fingerprint density at radius 3 is 2.50 bits per heavy atom. The van der Waals surface area contributed by atoms with Crippen molar-refractivity contribution in [3.63, 3.8) is 0 Å². The lowest BCUT2D eigenvalue weighted by Crippen LogP contribution is -2.25. The van der Waals surface area contributed by atoms with E-state index in [0.717, 1.165) is 15.2 Å². The molecular formula is C11H8BrN3O3. The van der Waals surface area contributed by atoms with Crippen LogP contribution in [0.3, 0.4) is 0 Å². The van der Waals surface area contributed by atoms with E-state index in [1.165, 1.54) is 0 Å². The van der Waals surface area contributed by atoms with Gasteiger partial charge in [0.05, 0.1) is 5.69 Å². The van der Waals surface area contributed by atoms with E-state index in [4.69, 9.17) is 5.73 Å². The summed E-state index contributed by atoms with van der Waals surface area (Å²) in [6.45, 7) is 0. The van der Waals surface area contributed by atoms with Crippen molar-refractivity contribution in [1.82, 2.24) is 9.78 Å². The Labute approximate surface area is 110 Å². The Hall–Kier alpha value is -2.15. The molecule has 1 aromatic carbocycles. The van der Waals surface area contributed by atoms with Crippen LogP contribution in [0.15, 0.2) is 39.6 Å². The zero-order chi connectivity index (χ0) is 13.3. The smallest absolute Gasteiger partial charge is 0.275 e. The summed E-state index contributed by atoms with van der Waals surface area (Å²) in [4.78, 5) is 22.7. The number of rotatable bonds is 2. The topological polar surface area (TPSA) is 98.2 Å². The van der Waals surface area contributed by atoms with Crippen molar-refractivity contribution in [2.24, 2.45) is 5.73 Å². The van der Waals surface area contributed by atoms with Crippen molar-refractivity contribution in [2.45, 2.75) is 0 Å². The summed E-state index contributed by atoms with van der Waals surface area (Å²) in [6.07, 6.45) is 0. The van der Waals surface area contributed by atoms with Gasteiger partial charge in [-0.15, -0.1) is 0 Å². The summed E-state index contributed by atoms with van der Waals surface area (Å²) in [6, 6.07) is 7.62. The van der Waals surface area contributed by atoms with Gasteiger partial charge in [0.15, 0.2) is 11.4 Å². The van der Waals surface area contributed by atoms with Crippen molar-refractivity contribution < 1.29 is 9.90 Å². The van der Waals surface area contributed by atoms with Crippen LogP contribution in [0.4, 0.5) is 0 Å². The highest BCUT2D eigenvalue weighted by atomic mass is 79.9. The van der Waals surface area contributed by atoms with Crippen LogP contribution in [-0.4, -0.2) is 20.8 Å². The molecule has 0 radical (unpaired) electrons. The van der Waals surface area contributed by atoms with Crippen LogP contribution in [0.5, 0.6) is 5.75 Å². The Kier molecular flexibility index (Phi) is 3.15. The average Bonchev–Trinajstić information content (AvgIpc) is 2.30. The second kappa shape index (κ2) is 4.61. The van der Waals surface area contributed by atoms with E-state index in [1.54, 1.807) is 24.3 Å². The van der Waals surface area contributed by atoms with Crippen molar-refractivity contribution in [2.75, 3.05) is 0 Å². The first-order valence-electron chi connectivity index (χ1n) is 4.88. The largest absolute Gasteiger partial charge is 0.505 e. The van der Waals surface area contributed by atoms with Gasteiger partial charge in [-0.2, -0.15) is 9.78 Å². The summed E-state index contributed by atoms with van der Waals surface area (Å²) in [5, 5.41) is 13.1. The van der Waals surface area contributed by atoms with Gasteiger partial charge in [0, 0.05) is 10.5 Å². The van der Waals surface area contributed by atoms with Crippen LogP contribution in [0, 0.1) is 0 Å². The van der Waals surface area contributed by atoms with Crippen LogP contribution in [-0.2, 0) is 0 Å². The molecule has 0 unspecified atom stereocenters. The SMILES string of the molecule is NC(=O)c1nn(-c2ccc(Br)cc2)c(=O)cc1O. The zero-order valence-electron chi connectivity index (χ0n) is 9.00. The number of aromatic nitrogens is 2. The average molecular weight is 310 g/mol. The molecule has 0 saturated heterocycles. The number of nitrogens with two attached hydrogens (primary N) is 1. The molecule has 3 N–H and O–H groups in total. The Balaban J connectivity index is 2.64. The number of benzene rings is 1. The van der Waals surface area contributed by atoms with E-state index >= 15 is 0 Å². The van der Waals surface area contributed by atoms with E-state index < -0.39 is 17.2 Å². The second-order valence-electron chi connectivity index (χ2n) is 3.47. The molecule has 18 heavy (non-hydrogen) atoms. The molecule has 1 amide bonds. The molecule has 1 heterocycles. The van der Waals surface area contributed by atoms with Crippen molar-refractivity contribution in [3.05, 3.63) is 50.9 Å². The Morgan fingerprint density at radius 2 is 1.94 bits per heavy atom. The molecule has 7 heteroatoms. The molecule has 0 aliphatic rings. The first kappa shape index (κ1) is 12.3. The molecular weight excluding hydrogens is 302 g/mol. The number of halogens is 1. The Bertz CT molecular complexity index is 664. The molecule has 0 spiro atoms. The molecule has 2 rings (SSSR count). The van der Waals surface area contributed by atoms with E-state index in [-0.39, 0.29) is 5.69 Å². The van der Waals surface area contributed by atoms with Crippen LogP contribution < -0.4 is 11.3 Å². The third-order valence-corrected chi connectivity index (χ3v) is 2.74. The van der Waals surface area contributed by atoms with Crippen molar-refractivity contribution in [1.29, 1.82) is 0 Å². The summed E-state index contributed by atoms with van der Waals surface area (Å²) >= 11 is 3.26. The fraction of sp³-hybridized carbons (Fsp3) is 0. The standard InChI is InChI=1S/C11H8BrN3O3/c12-6-1-3-7(4-2-6)15-9(17)5-8(16)10(14-15)11(13)18/h1-5,16H,(H2,13,18). The van der Waals surface area contributed by atoms with Crippen LogP contribution in [0.25, 0.3) is 5.69 Å². The molecule has 2 aromatic rings. The lowest BCUT2D eigenvalue weighted by atomic mass is 10.3. The predicted molar refractivity (Wildman–Crippen MR) is 67.7 cm³/mol. The summed E-state index contributed by atoms with van der Waals surface area (Å²) in [7, 11) is 0. The third-order valence-electron chi connectivity index (χ3n) is 2.22. The van der Waals surface area contributed by atoms with E-state index in [1.807, 2.05) is 0 Å². The highest BCUT2D eigenvalue weighted by molar-refractivity contribution is 9.10. The molecule has 0 aliphatic carbocycles. The molecule has 6 nitrogen and oxygen atoms in total. The zero-order valence-corrected chi connectivity index (χ0v) is 10.6. The minimum atomic E-state index is -0.904. The third kappa shape index (κ3) is 2.25. The van der Waals surface area contributed by atoms with Gasteiger partial charge in [0.25, 0.3) is 11.5 Å². The van der Waals surface area contributed by atoms with Crippen LogP contribution >= 0.6 is 15.9 Å². The monoisotopic (exact) mass is 309 g/mol. The molecule has 0 aliphatic heterocycles. The van der Waals surface area contributed by atoms with Gasteiger partial charge in [-0.25, -0.2) is 0 Å². The number of carbonyl (C=O) groups is 1. The summed E-state index contributed by atoms with van der Waals surface area (Å²) < 4.78 is 1.83. The van der Waals surface area contributed by atoms with Gasteiger partial charge >= 0.3 is 0 Å². The number of carbonyl (C=O) groups excluding carboxylic acids is 1. The maximum absolute atomic E-state index is 11.7. The fourth-order valence-corrected chi connectivity index (χ4v) is 1.65. The number of nitrogens with zero attached hydrogens (tertiary/aromatic N) is 2. The summed E-state index contributed by atoms with van der Waals surface area (Å²) in [5.74, 6) is -1.43. The highest BCUT2D eigenvalue weighted by Gasteiger charge is 2.13. The van der Waals surface area contributed by atoms with Gasteiger partial charge in [0.1, 0.15) is 0 Å². The lowest BCUT2D eigenvalue weighted by molar-refractivity contribution is 0.0991. The van der Waals surface area contributed by atoms with Crippen LogP contribution in [0.1, 0.15) is 10.5 Å². The number of hydrogen-bond donors (Lipinski definition) is 2. The first-order chi connectivity index (χ1) is 8.49. The molecule has 0 fully saturated rings. The molecule has 0 saturated carbocycles. The number of amides is 1. The molecule has 0 atom stereocenters. The number of primary amides is 1. The van der Waals surface area contributed by atoms with Gasteiger partial charge < -0.3 is 10.8 Å². The maximum Gasteiger partial charge on any atom is 0.275 e. The van der Waals surface area contributed by atoms with Gasteiger partial charge in [0.2, 0.25) is 0 Å². The predicted octanol–water partition coefficient (Wildman–Crippen LogP) is 0.799. The van der Waals surface area contributed by atoms with Gasteiger partial charge in [-0.3, -0.25) is 9.59 Å². The van der Waals surface area contributed by atoms with Gasteiger partial charge in [-0.1, -0.05) is 15.9 Å². The quantitative estimate of drug-likeness (QED) is 0.857. The van der Waals surface area contributed by atoms with E-state index in [2.05, 4.69) is 21.0 Å². The van der Waals surface area contributed by atoms with E-state index in [0.29, 0.717) is 5.69 Å². The summed E-state index contributed by atoms with van der Waals surface area (Å²) in [5.41, 5.74) is 4.61. The van der Waals surface area contributed by atoms with Crippen molar-refractivity contribution in [3.8, 4) is 11.4 Å². The highest BCUT2D eigenvalue weighted by Crippen LogP contribution is 2.14. The maximum atomic E-state index is 11.7.